The lowest BCUT2D eigenvalue weighted by molar-refractivity contribution is 0.938. The van der Waals surface area contributed by atoms with Gasteiger partial charge in [-0.2, -0.15) is 0 Å². The van der Waals surface area contributed by atoms with Crippen LogP contribution >= 0.6 is 11.3 Å². The molecule has 0 amide bonds. The highest BCUT2D eigenvalue weighted by Crippen LogP contribution is 2.41. The molecule has 3 rings (SSSR count). The van der Waals surface area contributed by atoms with Crippen LogP contribution in [0.15, 0.2) is 35.0 Å². The second-order valence-corrected chi connectivity index (χ2v) is 5.11. The zero-order valence-electron chi connectivity index (χ0n) is 10.2. The third-order valence-electron chi connectivity index (χ3n) is 3.32. The fraction of sp³-hybridized carbons (Fsp3) is 0.286. The van der Waals surface area contributed by atoms with Crippen molar-refractivity contribution in [3.8, 4) is 0 Å². The molecule has 0 spiro atoms. The lowest BCUT2D eigenvalue weighted by Gasteiger charge is -2.24. The zero-order valence-corrected chi connectivity index (χ0v) is 11.0. The Morgan fingerprint density at radius 2 is 1.88 bits per heavy atom. The number of thiophene rings is 1. The first-order chi connectivity index (χ1) is 8.31. The maximum absolute atomic E-state index is 2.41. The number of hydrogen-bond acceptors (Lipinski definition) is 3. The van der Waals surface area contributed by atoms with E-state index in [4.69, 9.17) is 0 Å². The Kier molecular flexibility index (Phi) is 2.56. The van der Waals surface area contributed by atoms with E-state index in [-0.39, 0.29) is 0 Å². The minimum atomic E-state index is 0.992. The topological polar surface area (TPSA) is 6.48 Å². The van der Waals surface area contributed by atoms with Gasteiger partial charge in [0.25, 0.3) is 0 Å². The minimum Gasteiger partial charge on any atom is -0.368 e. The Hall–Kier alpha value is -1.48. The predicted molar refractivity (Wildman–Crippen MR) is 75.5 cm³/mol. The average molecular weight is 244 g/mol. The van der Waals surface area contributed by atoms with Crippen LogP contribution in [0.2, 0.25) is 0 Å². The summed E-state index contributed by atoms with van der Waals surface area (Å²) in [5, 5.41) is 4.52. The molecule has 0 saturated heterocycles. The van der Waals surface area contributed by atoms with Crippen LogP contribution in [-0.2, 0) is 6.54 Å². The van der Waals surface area contributed by atoms with Gasteiger partial charge in [-0.25, -0.2) is 0 Å². The zero-order chi connectivity index (χ0) is 11.8. The van der Waals surface area contributed by atoms with Crippen LogP contribution in [0, 0.1) is 0 Å². The van der Waals surface area contributed by atoms with Crippen LogP contribution < -0.4 is 9.80 Å². The molecular weight excluding hydrogens is 228 g/mol. The van der Waals surface area contributed by atoms with Gasteiger partial charge in [0.05, 0.1) is 17.1 Å². The van der Waals surface area contributed by atoms with Crippen LogP contribution in [0.5, 0.6) is 0 Å². The van der Waals surface area contributed by atoms with E-state index in [2.05, 4.69) is 58.8 Å². The second-order valence-electron chi connectivity index (χ2n) is 4.37. The first-order valence-electron chi connectivity index (χ1n) is 5.94. The molecule has 1 aliphatic heterocycles. The quantitative estimate of drug-likeness (QED) is 0.751. The summed E-state index contributed by atoms with van der Waals surface area (Å²) >= 11 is 1.79. The van der Waals surface area contributed by atoms with E-state index in [0.717, 1.165) is 13.1 Å². The van der Waals surface area contributed by atoms with Crippen molar-refractivity contribution in [1.82, 2.24) is 0 Å². The van der Waals surface area contributed by atoms with Crippen molar-refractivity contribution in [2.45, 2.75) is 13.5 Å². The monoisotopic (exact) mass is 244 g/mol. The maximum Gasteiger partial charge on any atom is 0.0648 e. The summed E-state index contributed by atoms with van der Waals surface area (Å²) < 4.78 is 0. The molecule has 0 aliphatic carbocycles. The molecule has 88 valence electrons. The molecular formula is C14H16N2S. The van der Waals surface area contributed by atoms with E-state index in [1.807, 2.05) is 0 Å². The predicted octanol–water partition coefficient (Wildman–Crippen LogP) is 3.86. The first-order valence-corrected chi connectivity index (χ1v) is 6.88. The third kappa shape index (κ3) is 1.62. The molecule has 0 bridgehead atoms. The second kappa shape index (κ2) is 4.08. The van der Waals surface area contributed by atoms with Gasteiger partial charge in [0, 0.05) is 31.1 Å². The van der Waals surface area contributed by atoms with Gasteiger partial charge in [0.1, 0.15) is 0 Å². The van der Waals surface area contributed by atoms with Gasteiger partial charge in [-0.3, -0.25) is 0 Å². The lowest BCUT2D eigenvalue weighted by Crippen LogP contribution is -2.17. The van der Waals surface area contributed by atoms with Crippen molar-refractivity contribution >= 4 is 28.4 Å². The van der Waals surface area contributed by atoms with Gasteiger partial charge in [-0.15, -0.1) is 11.3 Å². The third-order valence-corrected chi connectivity index (χ3v) is 4.10. The summed E-state index contributed by atoms with van der Waals surface area (Å²) in [5.74, 6) is 0. The van der Waals surface area contributed by atoms with E-state index in [1.54, 1.807) is 11.3 Å². The summed E-state index contributed by atoms with van der Waals surface area (Å²) in [6, 6.07) is 8.64. The number of benzene rings is 1. The number of hydrogen-bond donors (Lipinski definition) is 0. The van der Waals surface area contributed by atoms with E-state index in [1.165, 1.54) is 22.6 Å². The number of rotatable bonds is 1. The highest BCUT2D eigenvalue weighted by atomic mass is 32.1. The Morgan fingerprint density at radius 3 is 2.65 bits per heavy atom. The molecule has 1 aliphatic rings. The van der Waals surface area contributed by atoms with Crippen LogP contribution in [0.1, 0.15) is 12.5 Å². The van der Waals surface area contributed by atoms with Crippen molar-refractivity contribution in [1.29, 1.82) is 0 Å². The Balaban J connectivity index is 2.22. The molecule has 17 heavy (non-hydrogen) atoms. The molecule has 1 aromatic carbocycles. The number of anilines is 3. The van der Waals surface area contributed by atoms with E-state index < -0.39 is 0 Å². The van der Waals surface area contributed by atoms with Crippen LogP contribution in [0.25, 0.3) is 0 Å². The summed E-state index contributed by atoms with van der Waals surface area (Å²) in [7, 11) is 2.17. The fourth-order valence-electron chi connectivity index (χ4n) is 2.50. The highest BCUT2D eigenvalue weighted by molar-refractivity contribution is 7.08. The molecule has 0 unspecified atom stereocenters. The van der Waals surface area contributed by atoms with Crippen molar-refractivity contribution < 1.29 is 0 Å². The molecule has 3 heteroatoms. The number of nitrogens with zero attached hydrogens (tertiary/aromatic N) is 2. The molecule has 0 atom stereocenters. The van der Waals surface area contributed by atoms with Gasteiger partial charge in [-0.05, 0) is 24.4 Å². The van der Waals surface area contributed by atoms with E-state index >= 15 is 0 Å². The molecule has 2 nitrogen and oxygen atoms in total. The molecule has 2 aromatic rings. The van der Waals surface area contributed by atoms with Crippen LogP contribution in [-0.4, -0.2) is 13.6 Å². The molecule has 0 saturated carbocycles. The van der Waals surface area contributed by atoms with Gasteiger partial charge < -0.3 is 9.80 Å². The summed E-state index contributed by atoms with van der Waals surface area (Å²) in [6.45, 7) is 4.21. The minimum absolute atomic E-state index is 0.992. The molecule has 0 radical (unpaired) electrons. The van der Waals surface area contributed by atoms with Crippen molar-refractivity contribution in [3.05, 3.63) is 40.6 Å². The van der Waals surface area contributed by atoms with Crippen molar-refractivity contribution in [3.63, 3.8) is 0 Å². The van der Waals surface area contributed by atoms with Crippen molar-refractivity contribution in [2.75, 3.05) is 23.4 Å². The van der Waals surface area contributed by atoms with Gasteiger partial charge >= 0.3 is 0 Å². The molecule has 0 fully saturated rings. The van der Waals surface area contributed by atoms with Gasteiger partial charge in [0.15, 0.2) is 0 Å². The molecule has 0 N–H and O–H groups in total. The first kappa shape index (κ1) is 10.7. The largest absolute Gasteiger partial charge is 0.368 e. The Labute approximate surface area is 106 Å². The normalized spacial score (nSPS) is 14.2. The lowest BCUT2D eigenvalue weighted by atomic mass is 10.2. The SMILES string of the molecule is CCN1c2cscc2CN(C)c2ccccc21. The Morgan fingerprint density at radius 1 is 1.12 bits per heavy atom. The highest BCUT2D eigenvalue weighted by Gasteiger charge is 2.22. The number of para-hydroxylation sites is 2. The fourth-order valence-corrected chi connectivity index (χ4v) is 3.33. The molecule has 2 heterocycles. The van der Waals surface area contributed by atoms with E-state index in [9.17, 15) is 0 Å². The summed E-state index contributed by atoms with van der Waals surface area (Å²) in [6.07, 6.45) is 0. The van der Waals surface area contributed by atoms with Gasteiger partial charge in [0.2, 0.25) is 0 Å². The number of fused-ring (bicyclic) bond motifs is 2. The summed E-state index contributed by atoms with van der Waals surface area (Å²) in [5.41, 5.74) is 5.43. The van der Waals surface area contributed by atoms with E-state index in [0.29, 0.717) is 0 Å². The standard InChI is InChI=1S/C14H16N2S/c1-3-16-13-7-5-4-6-12(13)15(2)8-11-9-17-10-14(11)16/h4-7,9-10H,3,8H2,1-2H3. The molecule has 1 aromatic heterocycles. The van der Waals surface area contributed by atoms with Crippen molar-refractivity contribution in [2.24, 2.45) is 0 Å². The Bertz CT molecular complexity index is 533. The van der Waals surface area contributed by atoms with Crippen LogP contribution in [0.4, 0.5) is 17.1 Å². The van der Waals surface area contributed by atoms with Crippen LogP contribution in [0.3, 0.4) is 0 Å². The maximum atomic E-state index is 2.41. The average Bonchev–Trinajstić information content (AvgIpc) is 2.75. The summed E-state index contributed by atoms with van der Waals surface area (Å²) in [4.78, 5) is 4.74. The smallest absolute Gasteiger partial charge is 0.0648 e. The van der Waals surface area contributed by atoms with Gasteiger partial charge in [-0.1, -0.05) is 12.1 Å².